The van der Waals surface area contributed by atoms with Gasteiger partial charge in [0.25, 0.3) is 0 Å². The van der Waals surface area contributed by atoms with Gasteiger partial charge in [-0.3, -0.25) is 0 Å². The lowest BCUT2D eigenvalue weighted by atomic mass is 9.84. The second-order valence-corrected chi connectivity index (χ2v) is 8.11. The number of aliphatic hydroxyl groups excluding tert-OH is 1. The molecule has 1 rings (SSSR count). The van der Waals surface area contributed by atoms with Crippen molar-refractivity contribution < 1.29 is 14.3 Å². The van der Waals surface area contributed by atoms with E-state index < -0.39 is 18.0 Å². The minimum Gasteiger partial charge on any atom is -0.391 e. The normalized spacial score (nSPS) is 13.6. The number of carbonyl (C=O) groups is 1. The number of benzene rings is 1. The van der Waals surface area contributed by atoms with Crippen LogP contribution in [-0.4, -0.2) is 23.8 Å². The van der Waals surface area contributed by atoms with Crippen LogP contribution in [0.4, 0.5) is 14.9 Å². The Kier molecular flexibility index (Phi) is 5.80. The number of aliphatic hydroxyl groups is 1. The Bertz CT molecular complexity index is 572. The third-order valence-electron chi connectivity index (χ3n) is 3.83. The van der Waals surface area contributed by atoms with E-state index in [4.69, 9.17) is 0 Å². The number of hydrogen-bond donors (Lipinski definition) is 3. The smallest absolute Gasteiger partial charge is 0.319 e. The van der Waals surface area contributed by atoms with Gasteiger partial charge >= 0.3 is 6.03 Å². The largest absolute Gasteiger partial charge is 0.391 e. The molecule has 23 heavy (non-hydrogen) atoms. The maximum Gasteiger partial charge on any atom is 0.319 e. The van der Waals surface area contributed by atoms with Gasteiger partial charge in [0.2, 0.25) is 0 Å². The number of amides is 2. The number of rotatable bonds is 3. The van der Waals surface area contributed by atoms with E-state index in [2.05, 4.69) is 10.6 Å². The van der Waals surface area contributed by atoms with Crippen molar-refractivity contribution in [2.24, 2.45) is 5.41 Å². The van der Waals surface area contributed by atoms with Crippen molar-refractivity contribution in [3.8, 4) is 0 Å². The zero-order valence-corrected chi connectivity index (χ0v) is 15.2. The first-order valence-corrected chi connectivity index (χ1v) is 7.86. The van der Waals surface area contributed by atoms with E-state index in [1.165, 1.54) is 6.07 Å². The van der Waals surface area contributed by atoms with E-state index in [-0.39, 0.29) is 23.1 Å². The maximum absolute atomic E-state index is 14.1. The topological polar surface area (TPSA) is 61.4 Å². The Balaban J connectivity index is 2.83. The Labute approximate surface area is 138 Å². The van der Waals surface area contributed by atoms with Crippen molar-refractivity contribution >= 4 is 11.7 Å². The number of anilines is 1. The van der Waals surface area contributed by atoms with Gasteiger partial charge < -0.3 is 15.7 Å². The van der Waals surface area contributed by atoms with Gasteiger partial charge in [0, 0.05) is 6.54 Å². The zero-order valence-electron chi connectivity index (χ0n) is 15.2. The van der Waals surface area contributed by atoms with E-state index in [0.29, 0.717) is 0 Å². The van der Waals surface area contributed by atoms with Crippen molar-refractivity contribution in [3.05, 3.63) is 29.1 Å². The van der Waals surface area contributed by atoms with Gasteiger partial charge in [0.15, 0.2) is 0 Å². The van der Waals surface area contributed by atoms with Crippen LogP contribution in [0.3, 0.4) is 0 Å². The third kappa shape index (κ3) is 5.50. The van der Waals surface area contributed by atoms with Crippen LogP contribution in [0.5, 0.6) is 0 Å². The van der Waals surface area contributed by atoms with E-state index in [9.17, 15) is 14.3 Å². The lowest BCUT2D eigenvalue weighted by Gasteiger charge is -2.26. The van der Waals surface area contributed by atoms with Gasteiger partial charge in [0.05, 0.1) is 11.8 Å². The first-order valence-electron chi connectivity index (χ1n) is 7.86. The molecule has 2 amide bonds. The van der Waals surface area contributed by atoms with Gasteiger partial charge in [-0.15, -0.1) is 0 Å². The number of nitrogens with one attached hydrogen (secondary N) is 2. The van der Waals surface area contributed by atoms with Crippen LogP contribution < -0.4 is 10.6 Å². The highest BCUT2D eigenvalue weighted by Crippen LogP contribution is 2.30. The fraction of sp³-hybridized carbons (Fsp3) is 0.611. The Morgan fingerprint density at radius 1 is 1.22 bits per heavy atom. The van der Waals surface area contributed by atoms with Crippen LogP contribution in [0, 0.1) is 18.2 Å². The lowest BCUT2D eigenvalue weighted by Crippen LogP contribution is -2.41. The van der Waals surface area contributed by atoms with Gasteiger partial charge in [-0.25, -0.2) is 9.18 Å². The fourth-order valence-corrected chi connectivity index (χ4v) is 2.24. The number of hydrogen-bond acceptors (Lipinski definition) is 2. The van der Waals surface area contributed by atoms with Crippen molar-refractivity contribution in [2.75, 3.05) is 11.9 Å². The summed E-state index contributed by atoms with van der Waals surface area (Å²) >= 11 is 0. The molecular formula is C18H29FN2O2. The predicted octanol–water partition coefficient (Wildman–Crippen LogP) is 3.96. The molecule has 1 aromatic carbocycles. The monoisotopic (exact) mass is 324 g/mol. The first-order chi connectivity index (χ1) is 10.3. The first kappa shape index (κ1) is 19.4. The second-order valence-electron chi connectivity index (χ2n) is 8.11. The summed E-state index contributed by atoms with van der Waals surface area (Å²) in [5, 5.41) is 15.0. The summed E-state index contributed by atoms with van der Waals surface area (Å²) in [6.45, 7) is 13.7. The quantitative estimate of drug-likeness (QED) is 0.788. The summed E-state index contributed by atoms with van der Waals surface area (Å²) < 4.78 is 14.1. The van der Waals surface area contributed by atoms with Crippen LogP contribution in [0.1, 0.15) is 52.7 Å². The van der Waals surface area contributed by atoms with Crippen molar-refractivity contribution in [2.45, 2.75) is 60.0 Å². The van der Waals surface area contributed by atoms with Crippen LogP contribution in [0.15, 0.2) is 12.1 Å². The molecule has 4 nitrogen and oxygen atoms in total. The van der Waals surface area contributed by atoms with Gasteiger partial charge in [0.1, 0.15) is 5.82 Å². The third-order valence-corrected chi connectivity index (χ3v) is 3.83. The summed E-state index contributed by atoms with van der Waals surface area (Å²) in [7, 11) is 0. The molecule has 0 aliphatic rings. The number of aryl methyl sites for hydroxylation is 1. The molecule has 0 aliphatic heterocycles. The zero-order chi connectivity index (χ0) is 18.0. The molecule has 0 radical (unpaired) electrons. The number of urea groups is 1. The van der Waals surface area contributed by atoms with Gasteiger partial charge in [-0.05, 0) is 41.0 Å². The van der Waals surface area contributed by atoms with E-state index in [0.717, 1.165) is 11.1 Å². The molecule has 1 unspecified atom stereocenters. The standard InChI is InChI=1S/C18H29FN2O2/c1-11-8-13(19)14(9-12(11)17(2,3)4)21-16(23)20-10-15(22)18(5,6)7/h8-9,15,22H,10H2,1-7H3,(H2,20,21,23). The summed E-state index contributed by atoms with van der Waals surface area (Å²) in [4.78, 5) is 11.9. The summed E-state index contributed by atoms with van der Waals surface area (Å²) in [6.07, 6.45) is -0.679. The Hall–Kier alpha value is -1.62. The molecule has 0 fully saturated rings. The predicted molar refractivity (Wildman–Crippen MR) is 92.3 cm³/mol. The summed E-state index contributed by atoms with van der Waals surface area (Å²) in [5.74, 6) is -0.470. The SMILES string of the molecule is Cc1cc(F)c(NC(=O)NCC(O)C(C)(C)C)cc1C(C)(C)C. The van der Waals surface area contributed by atoms with Gasteiger partial charge in [-0.1, -0.05) is 41.5 Å². The molecular weight excluding hydrogens is 295 g/mol. The van der Waals surface area contributed by atoms with Gasteiger partial charge in [-0.2, -0.15) is 0 Å². The molecule has 130 valence electrons. The molecule has 1 aromatic rings. The van der Waals surface area contributed by atoms with Crippen molar-refractivity contribution in [1.82, 2.24) is 5.32 Å². The van der Waals surface area contributed by atoms with E-state index in [1.807, 2.05) is 48.5 Å². The highest BCUT2D eigenvalue weighted by molar-refractivity contribution is 5.89. The second kappa shape index (κ2) is 6.87. The van der Waals surface area contributed by atoms with Crippen molar-refractivity contribution in [1.29, 1.82) is 0 Å². The molecule has 3 N–H and O–H groups in total. The number of halogens is 1. The average molecular weight is 324 g/mol. The summed E-state index contributed by atoms with van der Waals surface area (Å²) in [5.41, 5.74) is 1.49. The molecule has 0 heterocycles. The van der Waals surface area contributed by atoms with E-state index in [1.54, 1.807) is 6.07 Å². The molecule has 0 aliphatic carbocycles. The fourth-order valence-electron chi connectivity index (χ4n) is 2.24. The minimum absolute atomic E-state index is 0.106. The molecule has 0 aromatic heterocycles. The molecule has 1 atom stereocenters. The lowest BCUT2D eigenvalue weighted by molar-refractivity contribution is 0.0654. The molecule has 0 saturated carbocycles. The van der Waals surface area contributed by atoms with Crippen LogP contribution in [-0.2, 0) is 5.41 Å². The van der Waals surface area contributed by atoms with Crippen molar-refractivity contribution in [3.63, 3.8) is 0 Å². The van der Waals surface area contributed by atoms with E-state index >= 15 is 0 Å². The highest BCUT2D eigenvalue weighted by atomic mass is 19.1. The average Bonchev–Trinajstić information content (AvgIpc) is 2.36. The highest BCUT2D eigenvalue weighted by Gasteiger charge is 2.23. The minimum atomic E-state index is -0.679. The molecule has 5 heteroatoms. The molecule has 0 spiro atoms. The molecule has 0 saturated heterocycles. The van der Waals surface area contributed by atoms with Crippen LogP contribution >= 0.6 is 0 Å². The molecule has 0 bridgehead atoms. The Morgan fingerprint density at radius 2 is 1.78 bits per heavy atom. The van der Waals surface area contributed by atoms with Crippen LogP contribution in [0.2, 0.25) is 0 Å². The number of carbonyl (C=O) groups excluding carboxylic acids is 1. The van der Waals surface area contributed by atoms with Crippen LogP contribution in [0.25, 0.3) is 0 Å². The maximum atomic E-state index is 14.1. The summed E-state index contributed by atoms with van der Waals surface area (Å²) in [6, 6.07) is 2.57. The Morgan fingerprint density at radius 3 is 2.26 bits per heavy atom.